The summed E-state index contributed by atoms with van der Waals surface area (Å²) in [6, 6.07) is 5.49. The van der Waals surface area contributed by atoms with Crippen molar-refractivity contribution >= 4 is 17.3 Å². The average Bonchev–Trinajstić information content (AvgIpc) is 2.65. The molecule has 2 rings (SSSR count). The van der Waals surface area contributed by atoms with E-state index >= 15 is 0 Å². The number of aromatic nitrogens is 2. The van der Waals surface area contributed by atoms with Crippen LogP contribution in [0.15, 0.2) is 30.6 Å². The van der Waals surface area contributed by atoms with E-state index in [1.54, 1.807) is 30.3 Å². The molecule has 1 heterocycles. The minimum absolute atomic E-state index is 0.541. The third-order valence-electron chi connectivity index (χ3n) is 2.06. The zero-order valence-electron chi connectivity index (χ0n) is 8.14. The number of nitrogen functional groups attached to an aromatic ring is 1. The fraction of sp³-hybridized carbons (Fsp3) is 0.100. The number of hydrogen-bond donors (Lipinski definition) is 1. The highest BCUT2D eigenvalue weighted by Gasteiger charge is 2.07. The van der Waals surface area contributed by atoms with Crippen molar-refractivity contribution in [1.82, 2.24) is 9.78 Å². The second-order valence-corrected chi connectivity index (χ2v) is 3.43. The summed E-state index contributed by atoms with van der Waals surface area (Å²) in [4.78, 5) is 0. The lowest BCUT2D eigenvalue weighted by Crippen LogP contribution is -2.01. The van der Waals surface area contributed by atoms with E-state index in [-0.39, 0.29) is 0 Å². The number of hydrogen-bond acceptors (Lipinski definition) is 3. The summed E-state index contributed by atoms with van der Waals surface area (Å²) in [5.41, 5.74) is 7.20. The van der Waals surface area contributed by atoms with Crippen LogP contribution in [0.25, 0.3) is 5.69 Å². The zero-order chi connectivity index (χ0) is 10.8. The molecule has 5 heteroatoms. The van der Waals surface area contributed by atoms with Gasteiger partial charge in [0, 0.05) is 6.20 Å². The maximum atomic E-state index is 5.91. The number of benzene rings is 1. The molecule has 0 atom stereocenters. The summed E-state index contributed by atoms with van der Waals surface area (Å²) in [5.74, 6) is 0.624. The molecule has 0 aliphatic rings. The van der Waals surface area contributed by atoms with Crippen molar-refractivity contribution in [3.63, 3.8) is 0 Å². The normalized spacial score (nSPS) is 10.3. The highest BCUT2D eigenvalue weighted by atomic mass is 35.5. The van der Waals surface area contributed by atoms with Crippen LogP contribution in [-0.4, -0.2) is 16.9 Å². The first-order chi connectivity index (χ1) is 7.22. The molecule has 15 heavy (non-hydrogen) atoms. The quantitative estimate of drug-likeness (QED) is 0.794. The van der Waals surface area contributed by atoms with Crippen LogP contribution in [0.5, 0.6) is 5.75 Å². The topological polar surface area (TPSA) is 53.1 Å². The fourth-order valence-corrected chi connectivity index (χ4v) is 1.48. The predicted octanol–water partition coefficient (Wildman–Crippen LogP) is 2.12. The Morgan fingerprint density at radius 1 is 1.47 bits per heavy atom. The molecule has 0 spiro atoms. The smallest absolute Gasteiger partial charge is 0.143 e. The molecular formula is C10H10ClN3O. The van der Waals surface area contributed by atoms with Crippen LogP contribution in [0.3, 0.4) is 0 Å². The van der Waals surface area contributed by atoms with E-state index in [9.17, 15) is 0 Å². The molecule has 0 bridgehead atoms. The van der Waals surface area contributed by atoms with Gasteiger partial charge in [-0.2, -0.15) is 5.10 Å². The number of nitrogens with two attached hydrogens (primary N) is 1. The molecule has 4 nitrogen and oxygen atoms in total. The summed E-state index contributed by atoms with van der Waals surface area (Å²) in [6.45, 7) is 0. The lowest BCUT2D eigenvalue weighted by molar-refractivity contribution is 0.416. The molecule has 1 aromatic carbocycles. The Bertz CT molecular complexity index is 481. The molecule has 0 aliphatic heterocycles. The average molecular weight is 224 g/mol. The third kappa shape index (κ3) is 1.76. The highest BCUT2D eigenvalue weighted by molar-refractivity contribution is 6.30. The van der Waals surface area contributed by atoms with Gasteiger partial charge in [0.15, 0.2) is 0 Å². The van der Waals surface area contributed by atoms with Gasteiger partial charge >= 0.3 is 0 Å². The van der Waals surface area contributed by atoms with E-state index in [0.29, 0.717) is 16.5 Å². The van der Waals surface area contributed by atoms with Crippen molar-refractivity contribution in [2.24, 2.45) is 0 Å². The number of ether oxygens (including phenoxy) is 1. The fourth-order valence-electron chi connectivity index (χ4n) is 1.34. The minimum atomic E-state index is 0.541. The van der Waals surface area contributed by atoms with Crippen LogP contribution >= 0.6 is 11.6 Å². The van der Waals surface area contributed by atoms with Crippen LogP contribution in [0.2, 0.25) is 5.02 Å². The molecule has 1 aromatic heterocycles. The Morgan fingerprint density at radius 2 is 2.27 bits per heavy atom. The number of para-hydroxylation sites is 1. The van der Waals surface area contributed by atoms with Crippen molar-refractivity contribution < 1.29 is 4.74 Å². The van der Waals surface area contributed by atoms with Gasteiger partial charge in [-0.15, -0.1) is 0 Å². The number of halogens is 1. The SMILES string of the molecule is COc1cccc(-n2cc(Cl)cn2)c1N. The summed E-state index contributed by atoms with van der Waals surface area (Å²) in [6.07, 6.45) is 3.24. The van der Waals surface area contributed by atoms with Gasteiger partial charge in [0.1, 0.15) is 11.4 Å². The number of methoxy groups -OCH3 is 1. The molecule has 0 saturated heterocycles. The van der Waals surface area contributed by atoms with E-state index in [4.69, 9.17) is 22.1 Å². The molecule has 2 N–H and O–H groups in total. The monoisotopic (exact) mass is 223 g/mol. The zero-order valence-corrected chi connectivity index (χ0v) is 8.90. The minimum Gasteiger partial charge on any atom is -0.495 e. The number of nitrogens with zero attached hydrogens (tertiary/aromatic N) is 2. The molecule has 78 valence electrons. The maximum absolute atomic E-state index is 5.91. The largest absolute Gasteiger partial charge is 0.495 e. The summed E-state index contributed by atoms with van der Waals surface area (Å²) < 4.78 is 6.73. The molecule has 0 fully saturated rings. The van der Waals surface area contributed by atoms with Crippen LogP contribution in [0.1, 0.15) is 0 Å². The molecular weight excluding hydrogens is 214 g/mol. The molecule has 0 unspecified atom stereocenters. The van der Waals surface area contributed by atoms with Crippen molar-refractivity contribution in [3.05, 3.63) is 35.6 Å². The Morgan fingerprint density at radius 3 is 2.87 bits per heavy atom. The molecule has 0 radical (unpaired) electrons. The van der Waals surface area contributed by atoms with Crippen LogP contribution in [0, 0.1) is 0 Å². The molecule has 2 aromatic rings. The van der Waals surface area contributed by atoms with E-state index in [0.717, 1.165) is 5.69 Å². The first-order valence-electron chi connectivity index (χ1n) is 4.35. The maximum Gasteiger partial charge on any atom is 0.143 e. The highest BCUT2D eigenvalue weighted by Crippen LogP contribution is 2.27. The Balaban J connectivity index is 2.53. The van der Waals surface area contributed by atoms with Gasteiger partial charge in [0.25, 0.3) is 0 Å². The van der Waals surface area contributed by atoms with Crippen molar-refractivity contribution in [1.29, 1.82) is 0 Å². The second-order valence-electron chi connectivity index (χ2n) is 3.00. The molecule has 0 amide bonds. The van der Waals surface area contributed by atoms with Gasteiger partial charge in [-0.05, 0) is 12.1 Å². The summed E-state index contributed by atoms with van der Waals surface area (Å²) >= 11 is 5.78. The second kappa shape index (κ2) is 3.82. The lowest BCUT2D eigenvalue weighted by atomic mass is 10.2. The summed E-state index contributed by atoms with van der Waals surface area (Å²) in [7, 11) is 1.57. The van der Waals surface area contributed by atoms with Crippen molar-refractivity contribution in [3.8, 4) is 11.4 Å². The predicted molar refractivity (Wildman–Crippen MR) is 59.5 cm³/mol. The van der Waals surface area contributed by atoms with Crippen molar-refractivity contribution in [2.45, 2.75) is 0 Å². The Labute approximate surface area is 92.2 Å². The first kappa shape index (κ1) is 9.86. The van der Waals surface area contributed by atoms with Crippen LogP contribution < -0.4 is 10.5 Å². The van der Waals surface area contributed by atoms with Gasteiger partial charge in [0.05, 0.1) is 24.0 Å². The van der Waals surface area contributed by atoms with Crippen LogP contribution in [-0.2, 0) is 0 Å². The lowest BCUT2D eigenvalue weighted by Gasteiger charge is -2.09. The van der Waals surface area contributed by atoms with E-state index in [1.165, 1.54) is 0 Å². The Kier molecular flexibility index (Phi) is 2.51. The van der Waals surface area contributed by atoms with Gasteiger partial charge in [0.2, 0.25) is 0 Å². The number of rotatable bonds is 2. The van der Waals surface area contributed by atoms with Gasteiger partial charge in [-0.3, -0.25) is 0 Å². The van der Waals surface area contributed by atoms with E-state index in [2.05, 4.69) is 5.10 Å². The van der Waals surface area contributed by atoms with Crippen molar-refractivity contribution in [2.75, 3.05) is 12.8 Å². The Hall–Kier alpha value is -1.68. The molecule has 0 aliphatic carbocycles. The number of anilines is 1. The summed E-state index contributed by atoms with van der Waals surface area (Å²) in [5, 5.41) is 4.64. The van der Waals surface area contributed by atoms with Gasteiger partial charge in [-0.1, -0.05) is 17.7 Å². The first-order valence-corrected chi connectivity index (χ1v) is 4.73. The van der Waals surface area contributed by atoms with E-state index in [1.807, 2.05) is 12.1 Å². The third-order valence-corrected chi connectivity index (χ3v) is 2.26. The van der Waals surface area contributed by atoms with Gasteiger partial charge in [-0.25, -0.2) is 4.68 Å². The molecule has 0 saturated carbocycles. The standard InChI is InChI=1S/C10H10ClN3O/c1-15-9-4-2-3-8(10(9)12)14-6-7(11)5-13-14/h2-6H,12H2,1H3. The van der Waals surface area contributed by atoms with E-state index < -0.39 is 0 Å². The van der Waals surface area contributed by atoms with Crippen LogP contribution in [0.4, 0.5) is 5.69 Å². The van der Waals surface area contributed by atoms with Gasteiger partial charge < -0.3 is 10.5 Å².